The second-order valence-corrected chi connectivity index (χ2v) is 6.40. The predicted molar refractivity (Wildman–Crippen MR) is 79.9 cm³/mol. The average molecular weight is 323 g/mol. The van der Waals surface area contributed by atoms with Crippen LogP contribution in [0.25, 0.3) is 11.4 Å². The minimum Gasteiger partial charge on any atom is -0.263 e. The monoisotopic (exact) mass is 322 g/mol. The van der Waals surface area contributed by atoms with Crippen molar-refractivity contribution in [2.24, 2.45) is 0 Å². The zero-order valence-electron chi connectivity index (χ0n) is 11.8. The molecule has 0 amide bonds. The van der Waals surface area contributed by atoms with E-state index in [1.165, 1.54) is 0 Å². The van der Waals surface area contributed by atoms with Crippen molar-refractivity contribution in [1.29, 1.82) is 0 Å². The van der Waals surface area contributed by atoms with E-state index in [1.54, 1.807) is 0 Å². The Labute approximate surface area is 122 Å². The Morgan fingerprint density at radius 3 is 2.63 bits per heavy atom. The third kappa shape index (κ3) is 3.21. The summed E-state index contributed by atoms with van der Waals surface area (Å²) in [6.07, 6.45) is 2.87. The van der Waals surface area contributed by atoms with E-state index in [9.17, 15) is 0 Å². The molecule has 0 aliphatic heterocycles. The topological polar surface area (TPSA) is 43.6 Å². The van der Waals surface area contributed by atoms with Crippen molar-refractivity contribution in [1.82, 2.24) is 19.7 Å². The SMILES string of the molecule is CCCn1nccc1-c1cc(Br)nc(C(C)(C)C)n1. The molecular formula is C14H19BrN4. The Hall–Kier alpha value is -1.23. The van der Waals surface area contributed by atoms with Crippen LogP contribution < -0.4 is 0 Å². The lowest BCUT2D eigenvalue weighted by Crippen LogP contribution is -2.17. The van der Waals surface area contributed by atoms with Gasteiger partial charge in [-0.25, -0.2) is 9.97 Å². The van der Waals surface area contributed by atoms with Crippen molar-refractivity contribution in [2.45, 2.75) is 46.1 Å². The van der Waals surface area contributed by atoms with E-state index < -0.39 is 0 Å². The molecule has 0 unspecified atom stereocenters. The molecule has 2 heterocycles. The van der Waals surface area contributed by atoms with Gasteiger partial charge in [0.2, 0.25) is 0 Å². The molecule has 0 bridgehead atoms. The molecule has 102 valence electrons. The van der Waals surface area contributed by atoms with Gasteiger partial charge in [0.15, 0.2) is 0 Å². The fourth-order valence-electron chi connectivity index (χ4n) is 1.82. The van der Waals surface area contributed by atoms with Crippen LogP contribution in [-0.2, 0) is 12.0 Å². The minimum atomic E-state index is -0.0753. The maximum Gasteiger partial charge on any atom is 0.135 e. The molecular weight excluding hydrogens is 304 g/mol. The molecule has 0 saturated heterocycles. The van der Waals surface area contributed by atoms with E-state index >= 15 is 0 Å². The molecule has 0 fully saturated rings. The quantitative estimate of drug-likeness (QED) is 0.807. The van der Waals surface area contributed by atoms with Crippen molar-refractivity contribution < 1.29 is 0 Å². The van der Waals surface area contributed by atoms with Gasteiger partial charge in [0.05, 0.1) is 11.4 Å². The molecule has 2 rings (SSSR count). The molecule has 0 aromatic carbocycles. The molecule has 0 saturated carbocycles. The lowest BCUT2D eigenvalue weighted by atomic mass is 9.95. The van der Waals surface area contributed by atoms with Gasteiger partial charge < -0.3 is 0 Å². The maximum atomic E-state index is 4.69. The highest BCUT2D eigenvalue weighted by Crippen LogP contribution is 2.25. The van der Waals surface area contributed by atoms with Gasteiger partial charge in [0, 0.05) is 18.2 Å². The maximum absolute atomic E-state index is 4.69. The predicted octanol–water partition coefficient (Wildman–Crippen LogP) is 3.81. The average Bonchev–Trinajstić information content (AvgIpc) is 2.76. The molecule has 2 aromatic rings. The first-order valence-corrected chi connectivity index (χ1v) is 7.28. The lowest BCUT2D eigenvalue weighted by molar-refractivity contribution is 0.543. The molecule has 19 heavy (non-hydrogen) atoms. The van der Waals surface area contributed by atoms with Crippen molar-refractivity contribution in [3.8, 4) is 11.4 Å². The molecule has 0 N–H and O–H groups in total. The fourth-order valence-corrected chi connectivity index (χ4v) is 2.21. The molecule has 0 aliphatic rings. The Morgan fingerprint density at radius 2 is 2.00 bits per heavy atom. The molecule has 0 radical (unpaired) electrons. The van der Waals surface area contributed by atoms with E-state index in [1.807, 2.05) is 23.0 Å². The van der Waals surface area contributed by atoms with Crippen LogP contribution in [0, 0.1) is 0 Å². The standard InChI is InChI=1S/C14H19BrN4/c1-5-8-19-11(6-7-16-19)10-9-12(15)18-13(17-10)14(2,3)4/h6-7,9H,5,8H2,1-4H3. The van der Waals surface area contributed by atoms with Gasteiger partial charge in [0.1, 0.15) is 10.4 Å². The molecule has 0 atom stereocenters. The van der Waals surface area contributed by atoms with Crippen LogP contribution in [0.4, 0.5) is 0 Å². The van der Waals surface area contributed by atoms with Gasteiger partial charge in [-0.15, -0.1) is 0 Å². The summed E-state index contributed by atoms with van der Waals surface area (Å²) in [4.78, 5) is 9.15. The van der Waals surface area contributed by atoms with Crippen molar-refractivity contribution in [3.05, 3.63) is 28.8 Å². The van der Waals surface area contributed by atoms with Crippen LogP contribution in [0.15, 0.2) is 22.9 Å². The zero-order chi connectivity index (χ0) is 14.0. The number of hydrogen-bond acceptors (Lipinski definition) is 3. The Kier molecular flexibility index (Phi) is 4.04. The summed E-state index contributed by atoms with van der Waals surface area (Å²) in [5.41, 5.74) is 1.88. The largest absolute Gasteiger partial charge is 0.263 e. The van der Waals surface area contributed by atoms with E-state index in [0.29, 0.717) is 0 Å². The van der Waals surface area contributed by atoms with Crippen LogP contribution in [-0.4, -0.2) is 19.7 Å². The summed E-state index contributed by atoms with van der Waals surface area (Å²) in [6, 6.07) is 3.94. The zero-order valence-corrected chi connectivity index (χ0v) is 13.4. The van der Waals surface area contributed by atoms with Crippen LogP contribution in [0.5, 0.6) is 0 Å². The molecule has 2 aromatic heterocycles. The van der Waals surface area contributed by atoms with Crippen LogP contribution in [0.3, 0.4) is 0 Å². The summed E-state index contributed by atoms with van der Waals surface area (Å²) < 4.78 is 2.80. The van der Waals surface area contributed by atoms with Gasteiger partial charge in [-0.1, -0.05) is 27.7 Å². The number of halogens is 1. The number of aryl methyl sites for hydroxylation is 1. The Morgan fingerprint density at radius 1 is 1.26 bits per heavy atom. The van der Waals surface area contributed by atoms with Gasteiger partial charge in [-0.2, -0.15) is 5.10 Å². The smallest absolute Gasteiger partial charge is 0.135 e. The number of hydrogen-bond donors (Lipinski definition) is 0. The normalized spacial score (nSPS) is 11.8. The van der Waals surface area contributed by atoms with E-state index in [4.69, 9.17) is 0 Å². The summed E-state index contributed by atoms with van der Waals surface area (Å²) in [7, 11) is 0. The van der Waals surface area contributed by atoms with Crippen LogP contribution in [0.2, 0.25) is 0 Å². The first-order chi connectivity index (χ1) is 8.91. The third-order valence-electron chi connectivity index (χ3n) is 2.78. The van der Waals surface area contributed by atoms with Crippen molar-refractivity contribution >= 4 is 15.9 Å². The van der Waals surface area contributed by atoms with Crippen LogP contribution >= 0.6 is 15.9 Å². The van der Waals surface area contributed by atoms with Gasteiger partial charge in [-0.3, -0.25) is 4.68 Å². The number of rotatable bonds is 3. The van der Waals surface area contributed by atoms with Gasteiger partial charge >= 0.3 is 0 Å². The summed E-state index contributed by atoms with van der Waals surface area (Å²) in [5.74, 6) is 0.834. The van der Waals surface area contributed by atoms with E-state index in [0.717, 1.165) is 34.8 Å². The van der Waals surface area contributed by atoms with E-state index in [-0.39, 0.29) is 5.41 Å². The Balaban J connectivity index is 2.50. The second-order valence-electron chi connectivity index (χ2n) is 5.59. The van der Waals surface area contributed by atoms with Gasteiger partial charge in [-0.05, 0) is 34.5 Å². The highest BCUT2D eigenvalue weighted by molar-refractivity contribution is 9.10. The molecule has 5 heteroatoms. The molecule has 0 aliphatic carbocycles. The lowest BCUT2D eigenvalue weighted by Gasteiger charge is -2.17. The molecule has 4 nitrogen and oxygen atoms in total. The number of aromatic nitrogens is 4. The fraction of sp³-hybridized carbons (Fsp3) is 0.500. The summed E-state index contributed by atoms with van der Waals surface area (Å²) in [5, 5.41) is 4.34. The number of nitrogens with zero attached hydrogens (tertiary/aromatic N) is 4. The minimum absolute atomic E-state index is 0.0753. The highest BCUT2D eigenvalue weighted by atomic mass is 79.9. The first-order valence-electron chi connectivity index (χ1n) is 6.49. The van der Waals surface area contributed by atoms with E-state index in [2.05, 4.69) is 58.7 Å². The highest BCUT2D eigenvalue weighted by Gasteiger charge is 2.20. The van der Waals surface area contributed by atoms with Crippen molar-refractivity contribution in [3.63, 3.8) is 0 Å². The van der Waals surface area contributed by atoms with Crippen molar-refractivity contribution in [2.75, 3.05) is 0 Å². The third-order valence-corrected chi connectivity index (χ3v) is 3.19. The van der Waals surface area contributed by atoms with Crippen LogP contribution in [0.1, 0.15) is 39.9 Å². The summed E-state index contributed by atoms with van der Waals surface area (Å²) in [6.45, 7) is 9.38. The first kappa shape index (κ1) is 14.2. The summed E-state index contributed by atoms with van der Waals surface area (Å²) >= 11 is 3.47. The Bertz CT molecular complexity index is 569. The molecule has 0 spiro atoms. The van der Waals surface area contributed by atoms with Gasteiger partial charge in [0.25, 0.3) is 0 Å². The second kappa shape index (κ2) is 5.41.